The molecule has 5 heteroatoms. The molecule has 1 aromatic rings. The summed E-state index contributed by atoms with van der Waals surface area (Å²) >= 11 is 0. The normalized spacial score (nSPS) is 12.7. The zero-order valence-corrected chi connectivity index (χ0v) is 12.7. The van der Waals surface area contributed by atoms with E-state index >= 15 is 0 Å². The smallest absolute Gasteiger partial charge is 0.309 e. The van der Waals surface area contributed by atoms with Gasteiger partial charge in [0.25, 0.3) is 0 Å². The van der Waals surface area contributed by atoms with Crippen LogP contribution in [0.3, 0.4) is 0 Å². The minimum absolute atomic E-state index is 0.0316. The van der Waals surface area contributed by atoms with Gasteiger partial charge < -0.3 is 15.5 Å². The van der Waals surface area contributed by atoms with Crippen molar-refractivity contribution in [1.82, 2.24) is 5.32 Å². The number of aromatic hydroxyl groups is 1. The van der Waals surface area contributed by atoms with Gasteiger partial charge in [0.05, 0.1) is 5.41 Å². The summed E-state index contributed by atoms with van der Waals surface area (Å²) in [5.41, 5.74) is 0.0283. The highest BCUT2D eigenvalue weighted by Crippen LogP contribution is 2.20. The Hall–Kier alpha value is -2.04. The molecule has 0 aliphatic carbocycles. The highest BCUT2D eigenvalue weighted by molar-refractivity contribution is 5.84. The summed E-state index contributed by atoms with van der Waals surface area (Å²) in [5, 5.41) is 21.0. The summed E-state index contributed by atoms with van der Waals surface area (Å²) < 4.78 is 0. The van der Waals surface area contributed by atoms with Crippen LogP contribution < -0.4 is 5.32 Å². The average Bonchev–Trinajstić information content (AvgIpc) is 2.37. The van der Waals surface area contributed by atoms with Crippen molar-refractivity contribution in [3.63, 3.8) is 0 Å². The van der Waals surface area contributed by atoms with Crippen molar-refractivity contribution >= 4 is 11.9 Å². The molecular formula is C16H23NO4. The quantitative estimate of drug-likeness (QED) is 0.720. The van der Waals surface area contributed by atoms with Crippen LogP contribution in [0.15, 0.2) is 24.3 Å². The summed E-state index contributed by atoms with van der Waals surface area (Å²) in [7, 11) is 0. The van der Waals surface area contributed by atoms with Crippen molar-refractivity contribution in [1.29, 1.82) is 0 Å². The lowest BCUT2D eigenvalue weighted by atomic mass is 9.89. The van der Waals surface area contributed by atoms with Gasteiger partial charge in [-0.1, -0.05) is 12.1 Å². The molecule has 0 saturated carbocycles. The van der Waals surface area contributed by atoms with E-state index in [0.29, 0.717) is 0 Å². The van der Waals surface area contributed by atoms with Gasteiger partial charge in [0.1, 0.15) is 5.75 Å². The maximum atomic E-state index is 11.8. The van der Waals surface area contributed by atoms with Gasteiger partial charge in [-0.25, -0.2) is 0 Å². The molecule has 3 N–H and O–H groups in total. The van der Waals surface area contributed by atoms with E-state index in [1.807, 2.05) is 19.1 Å². The third-order valence-corrected chi connectivity index (χ3v) is 3.39. The average molecular weight is 293 g/mol. The number of carbonyl (C=O) groups is 2. The van der Waals surface area contributed by atoms with Crippen molar-refractivity contribution in [3.8, 4) is 5.75 Å². The molecule has 0 aliphatic heterocycles. The fourth-order valence-corrected chi connectivity index (χ4v) is 1.92. The van der Waals surface area contributed by atoms with Gasteiger partial charge in [-0.05, 0) is 51.3 Å². The van der Waals surface area contributed by atoms with E-state index in [9.17, 15) is 14.7 Å². The zero-order valence-electron chi connectivity index (χ0n) is 12.7. The van der Waals surface area contributed by atoms with E-state index in [-0.39, 0.29) is 24.1 Å². The molecule has 0 aliphatic rings. The Morgan fingerprint density at radius 2 is 1.81 bits per heavy atom. The van der Waals surface area contributed by atoms with E-state index < -0.39 is 11.4 Å². The number of hydrogen-bond donors (Lipinski definition) is 3. The van der Waals surface area contributed by atoms with Gasteiger partial charge in [0, 0.05) is 12.5 Å². The summed E-state index contributed by atoms with van der Waals surface area (Å²) in [6.07, 6.45) is 1.50. The molecule has 0 fully saturated rings. The van der Waals surface area contributed by atoms with Crippen LogP contribution in [0, 0.1) is 5.41 Å². The molecule has 116 valence electrons. The van der Waals surface area contributed by atoms with Crippen LogP contribution in [-0.2, 0) is 16.0 Å². The third-order valence-electron chi connectivity index (χ3n) is 3.39. The molecule has 1 unspecified atom stereocenters. The lowest BCUT2D eigenvalue weighted by Crippen LogP contribution is -2.38. The first-order valence-corrected chi connectivity index (χ1v) is 7.01. The Morgan fingerprint density at radius 3 is 2.33 bits per heavy atom. The SMILES string of the molecule is CC(CCc1ccc(O)cc1)NC(=O)CC(C)(C)C(=O)O. The minimum Gasteiger partial charge on any atom is -0.508 e. The Bertz CT molecular complexity index is 494. The molecule has 1 aromatic carbocycles. The molecule has 5 nitrogen and oxygen atoms in total. The fourth-order valence-electron chi connectivity index (χ4n) is 1.92. The maximum Gasteiger partial charge on any atom is 0.309 e. The first-order chi connectivity index (χ1) is 9.70. The van der Waals surface area contributed by atoms with Crippen LogP contribution in [0.5, 0.6) is 5.75 Å². The number of phenols is 1. The summed E-state index contributed by atoms with van der Waals surface area (Å²) in [4.78, 5) is 22.8. The molecule has 0 spiro atoms. The van der Waals surface area contributed by atoms with E-state index in [1.54, 1.807) is 12.1 Å². The second-order valence-electron chi connectivity index (χ2n) is 6.04. The molecule has 0 heterocycles. The molecule has 0 radical (unpaired) electrons. The minimum atomic E-state index is -1.05. The van der Waals surface area contributed by atoms with Gasteiger partial charge >= 0.3 is 5.97 Å². The van der Waals surface area contributed by atoms with Crippen LogP contribution in [-0.4, -0.2) is 28.1 Å². The standard InChI is InChI=1S/C16H23NO4/c1-11(4-5-12-6-8-13(18)9-7-12)17-14(19)10-16(2,3)15(20)21/h6-9,11,18H,4-5,10H2,1-3H3,(H,17,19)(H,20,21). The summed E-state index contributed by atoms with van der Waals surface area (Å²) in [5.74, 6) is -0.994. The molecule has 21 heavy (non-hydrogen) atoms. The van der Waals surface area contributed by atoms with Crippen LogP contribution in [0.25, 0.3) is 0 Å². The number of phenolic OH excluding ortho intramolecular Hbond substituents is 1. The van der Waals surface area contributed by atoms with Crippen molar-refractivity contribution in [2.45, 2.75) is 46.1 Å². The number of hydrogen-bond acceptors (Lipinski definition) is 3. The number of aryl methyl sites for hydroxylation is 1. The van der Waals surface area contributed by atoms with Gasteiger partial charge in [-0.2, -0.15) is 0 Å². The lowest BCUT2D eigenvalue weighted by Gasteiger charge is -2.20. The van der Waals surface area contributed by atoms with Crippen molar-refractivity contribution in [2.75, 3.05) is 0 Å². The second-order valence-corrected chi connectivity index (χ2v) is 6.04. The highest BCUT2D eigenvalue weighted by Gasteiger charge is 2.30. The largest absolute Gasteiger partial charge is 0.508 e. The molecule has 0 bridgehead atoms. The molecular weight excluding hydrogens is 270 g/mol. The second kappa shape index (κ2) is 7.11. The Balaban J connectivity index is 2.39. The number of carboxylic acids is 1. The number of carboxylic acid groups (broad SMARTS) is 1. The first-order valence-electron chi connectivity index (χ1n) is 7.01. The number of amides is 1. The summed E-state index contributed by atoms with van der Waals surface area (Å²) in [6.45, 7) is 4.97. The molecule has 1 amide bonds. The van der Waals surface area contributed by atoms with Gasteiger partial charge in [0.2, 0.25) is 5.91 Å². The number of nitrogens with one attached hydrogen (secondary N) is 1. The van der Waals surface area contributed by atoms with Gasteiger partial charge in [0.15, 0.2) is 0 Å². The van der Waals surface area contributed by atoms with Crippen LogP contribution in [0.1, 0.15) is 39.2 Å². The lowest BCUT2D eigenvalue weighted by molar-refractivity contribution is -0.149. The number of aliphatic carboxylic acids is 1. The van der Waals surface area contributed by atoms with E-state index in [1.165, 1.54) is 13.8 Å². The summed E-state index contributed by atoms with van der Waals surface area (Å²) in [6, 6.07) is 6.92. The predicted molar refractivity (Wildman–Crippen MR) is 80.1 cm³/mol. The van der Waals surface area contributed by atoms with Crippen LogP contribution >= 0.6 is 0 Å². The van der Waals surface area contributed by atoms with Crippen LogP contribution in [0.4, 0.5) is 0 Å². The third kappa shape index (κ3) is 5.85. The number of rotatable bonds is 7. The first kappa shape index (κ1) is 17.0. The monoisotopic (exact) mass is 293 g/mol. The Labute approximate surface area is 125 Å². The zero-order chi connectivity index (χ0) is 16.0. The molecule has 0 saturated heterocycles. The Kier molecular flexibility index (Phi) is 5.76. The van der Waals surface area contributed by atoms with Gasteiger partial charge in [-0.3, -0.25) is 9.59 Å². The van der Waals surface area contributed by atoms with Crippen LogP contribution in [0.2, 0.25) is 0 Å². The predicted octanol–water partition coefficient (Wildman–Crippen LogP) is 2.33. The molecule has 1 rings (SSSR count). The van der Waals surface area contributed by atoms with E-state index in [4.69, 9.17) is 5.11 Å². The Morgan fingerprint density at radius 1 is 1.24 bits per heavy atom. The van der Waals surface area contributed by atoms with Crippen molar-refractivity contribution < 1.29 is 19.8 Å². The number of benzene rings is 1. The van der Waals surface area contributed by atoms with E-state index in [2.05, 4.69) is 5.32 Å². The highest BCUT2D eigenvalue weighted by atomic mass is 16.4. The van der Waals surface area contributed by atoms with E-state index in [0.717, 1.165) is 18.4 Å². The number of carbonyl (C=O) groups excluding carboxylic acids is 1. The maximum absolute atomic E-state index is 11.8. The fraction of sp³-hybridized carbons (Fsp3) is 0.500. The van der Waals surface area contributed by atoms with Gasteiger partial charge in [-0.15, -0.1) is 0 Å². The van der Waals surface area contributed by atoms with Crippen molar-refractivity contribution in [3.05, 3.63) is 29.8 Å². The topological polar surface area (TPSA) is 86.6 Å². The molecule has 0 aromatic heterocycles. The molecule has 1 atom stereocenters. The van der Waals surface area contributed by atoms with Crippen molar-refractivity contribution in [2.24, 2.45) is 5.41 Å².